The van der Waals surface area contributed by atoms with Gasteiger partial charge >= 0.3 is 0 Å². The maximum absolute atomic E-state index is 12.2. The van der Waals surface area contributed by atoms with Crippen molar-refractivity contribution in [1.29, 1.82) is 0 Å². The number of benzene rings is 1. The molecule has 2 N–H and O–H groups in total. The molecule has 21 heavy (non-hydrogen) atoms. The van der Waals surface area contributed by atoms with Gasteiger partial charge in [-0.1, -0.05) is 52.0 Å². The highest BCUT2D eigenvalue weighted by Gasteiger charge is 2.45. The molecular weight excluding hydrogens is 264 g/mol. The second kappa shape index (κ2) is 5.60. The third-order valence-electron chi connectivity index (χ3n) is 4.13. The van der Waals surface area contributed by atoms with Crippen molar-refractivity contribution in [3.05, 3.63) is 35.4 Å². The Balaban J connectivity index is 2.09. The Kier molecular flexibility index (Phi) is 4.19. The lowest BCUT2D eigenvalue weighted by atomic mass is 9.92. The lowest BCUT2D eigenvalue weighted by Gasteiger charge is -2.22. The Hall–Kier alpha value is -1.68. The molecule has 0 aliphatic carbocycles. The predicted molar refractivity (Wildman–Crippen MR) is 82.6 cm³/mol. The normalized spacial score (nSPS) is 19.4. The van der Waals surface area contributed by atoms with Crippen LogP contribution in [0.2, 0.25) is 0 Å². The van der Waals surface area contributed by atoms with Crippen LogP contribution in [0.1, 0.15) is 57.2 Å². The fourth-order valence-electron chi connectivity index (χ4n) is 2.64. The van der Waals surface area contributed by atoms with E-state index in [1.54, 1.807) is 13.8 Å². The van der Waals surface area contributed by atoms with E-state index in [-0.39, 0.29) is 30.8 Å². The smallest absolute Gasteiger partial charge is 0.235 e. The summed E-state index contributed by atoms with van der Waals surface area (Å²) in [5.74, 6) is 0.221. The van der Waals surface area contributed by atoms with Crippen molar-refractivity contribution in [2.75, 3.05) is 6.54 Å². The quantitative estimate of drug-likeness (QED) is 0.866. The number of hydrogen-bond donors (Lipinski definition) is 1. The molecule has 2 rings (SSSR count). The van der Waals surface area contributed by atoms with Crippen molar-refractivity contribution in [3.8, 4) is 0 Å². The first kappa shape index (κ1) is 15.7. The Labute approximate surface area is 126 Å². The maximum atomic E-state index is 12.2. The average Bonchev–Trinajstić information content (AvgIpc) is 2.61. The van der Waals surface area contributed by atoms with Crippen LogP contribution in [-0.4, -0.2) is 23.3 Å². The van der Waals surface area contributed by atoms with Gasteiger partial charge in [0.1, 0.15) is 0 Å². The molecule has 2 amide bonds. The van der Waals surface area contributed by atoms with Gasteiger partial charge < -0.3 is 5.73 Å². The van der Waals surface area contributed by atoms with E-state index in [1.807, 2.05) is 12.1 Å². The van der Waals surface area contributed by atoms with Gasteiger partial charge in [-0.3, -0.25) is 14.5 Å². The van der Waals surface area contributed by atoms with Gasteiger partial charge in [-0.15, -0.1) is 0 Å². The first-order valence-corrected chi connectivity index (χ1v) is 7.42. The van der Waals surface area contributed by atoms with E-state index >= 15 is 0 Å². The van der Waals surface area contributed by atoms with Crippen LogP contribution < -0.4 is 5.73 Å². The number of rotatable bonds is 4. The van der Waals surface area contributed by atoms with Crippen molar-refractivity contribution in [2.24, 2.45) is 11.1 Å². The first-order valence-electron chi connectivity index (χ1n) is 7.42. The Morgan fingerprint density at radius 2 is 1.67 bits per heavy atom. The molecule has 1 saturated heterocycles. The zero-order valence-electron chi connectivity index (χ0n) is 13.2. The fraction of sp³-hybridized carbons (Fsp3) is 0.529. The van der Waals surface area contributed by atoms with Crippen molar-refractivity contribution < 1.29 is 9.59 Å². The topological polar surface area (TPSA) is 63.4 Å². The highest BCUT2D eigenvalue weighted by Crippen LogP contribution is 2.32. The summed E-state index contributed by atoms with van der Waals surface area (Å²) in [4.78, 5) is 25.5. The lowest BCUT2D eigenvalue weighted by Crippen LogP contribution is -2.38. The maximum Gasteiger partial charge on any atom is 0.235 e. The highest BCUT2D eigenvalue weighted by atomic mass is 16.2. The molecule has 0 aromatic heterocycles. The second-order valence-corrected chi connectivity index (χ2v) is 6.80. The van der Waals surface area contributed by atoms with Crippen molar-refractivity contribution in [2.45, 2.75) is 46.1 Å². The second-order valence-electron chi connectivity index (χ2n) is 6.80. The summed E-state index contributed by atoms with van der Waals surface area (Å²) >= 11 is 0. The van der Waals surface area contributed by atoms with E-state index < -0.39 is 5.41 Å². The summed E-state index contributed by atoms with van der Waals surface area (Å²) in [7, 11) is 0. The zero-order valence-corrected chi connectivity index (χ0v) is 13.2. The van der Waals surface area contributed by atoms with Crippen LogP contribution >= 0.6 is 0 Å². The molecule has 1 unspecified atom stereocenters. The summed E-state index contributed by atoms with van der Waals surface area (Å²) in [6, 6.07) is 7.73. The highest BCUT2D eigenvalue weighted by molar-refractivity contribution is 6.05. The first-order chi connectivity index (χ1) is 9.72. The molecule has 1 aromatic carbocycles. The molecule has 1 aliphatic heterocycles. The molecule has 1 aliphatic rings. The van der Waals surface area contributed by atoms with E-state index in [1.165, 1.54) is 10.5 Å². The number of carbonyl (C=O) groups is 2. The lowest BCUT2D eigenvalue weighted by molar-refractivity contribution is -0.141. The number of nitrogens with zero attached hydrogens (tertiary/aromatic N) is 1. The zero-order chi connectivity index (χ0) is 15.8. The van der Waals surface area contributed by atoms with Gasteiger partial charge in [-0.25, -0.2) is 0 Å². The van der Waals surface area contributed by atoms with Crippen LogP contribution in [-0.2, 0) is 9.59 Å². The molecule has 114 valence electrons. The summed E-state index contributed by atoms with van der Waals surface area (Å²) in [5, 5.41) is 0. The molecule has 0 spiro atoms. The summed E-state index contributed by atoms with van der Waals surface area (Å²) in [6.07, 6.45) is 0.269. The van der Waals surface area contributed by atoms with Crippen LogP contribution in [0.4, 0.5) is 0 Å². The Morgan fingerprint density at radius 3 is 2.10 bits per heavy atom. The van der Waals surface area contributed by atoms with Crippen LogP contribution in [0.3, 0.4) is 0 Å². The SMILES string of the molecule is CC(C)c1ccc(C(N)CN2C(=O)CC(C)(C)C2=O)cc1. The van der Waals surface area contributed by atoms with Crippen molar-refractivity contribution >= 4 is 11.8 Å². The van der Waals surface area contributed by atoms with E-state index in [0.29, 0.717) is 5.92 Å². The van der Waals surface area contributed by atoms with E-state index in [4.69, 9.17) is 5.73 Å². The molecule has 1 heterocycles. The average molecular weight is 288 g/mol. The molecule has 4 heteroatoms. The minimum absolute atomic E-state index is 0.123. The molecule has 0 bridgehead atoms. The third-order valence-corrected chi connectivity index (χ3v) is 4.13. The van der Waals surface area contributed by atoms with Gasteiger partial charge in [0.25, 0.3) is 0 Å². The van der Waals surface area contributed by atoms with Crippen LogP contribution in [0.15, 0.2) is 24.3 Å². The molecule has 0 radical (unpaired) electrons. The molecule has 1 atom stereocenters. The van der Waals surface area contributed by atoms with Gasteiger partial charge in [0.05, 0.1) is 5.41 Å². The number of carbonyl (C=O) groups excluding carboxylic acids is 2. The summed E-state index contributed by atoms with van der Waals surface area (Å²) in [6.45, 7) is 8.13. The van der Waals surface area contributed by atoms with Gasteiger partial charge in [0.15, 0.2) is 0 Å². The molecule has 1 fully saturated rings. The third kappa shape index (κ3) is 3.16. The monoisotopic (exact) mass is 288 g/mol. The van der Waals surface area contributed by atoms with Crippen molar-refractivity contribution in [1.82, 2.24) is 4.90 Å². The molecular formula is C17H24N2O2. The van der Waals surface area contributed by atoms with Gasteiger partial charge in [0, 0.05) is 19.0 Å². The van der Waals surface area contributed by atoms with Crippen LogP contribution in [0.25, 0.3) is 0 Å². The predicted octanol–water partition coefficient (Wildman–Crippen LogP) is 2.59. The van der Waals surface area contributed by atoms with Gasteiger partial charge in [-0.05, 0) is 17.0 Å². The summed E-state index contributed by atoms with van der Waals surface area (Å²) < 4.78 is 0. The van der Waals surface area contributed by atoms with E-state index in [9.17, 15) is 9.59 Å². The number of imide groups is 1. The van der Waals surface area contributed by atoms with Crippen LogP contribution in [0.5, 0.6) is 0 Å². The Morgan fingerprint density at radius 1 is 1.14 bits per heavy atom. The van der Waals surface area contributed by atoms with Crippen molar-refractivity contribution in [3.63, 3.8) is 0 Å². The minimum Gasteiger partial charge on any atom is -0.322 e. The van der Waals surface area contributed by atoms with Gasteiger partial charge in [0.2, 0.25) is 11.8 Å². The van der Waals surface area contributed by atoms with Gasteiger partial charge in [-0.2, -0.15) is 0 Å². The number of likely N-dealkylation sites (tertiary alicyclic amines) is 1. The van der Waals surface area contributed by atoms with Crippen LogP contribution in [0, 0.1) is 5.41 Å². The number of amides is 2. The largest absolute Gasteiger partial charge is 0.322 e. The van der Waals surface area contributed by atoms with E-state index in [0.717, 1.165) is 5.56 Å². The molecule has 0 saturated carbocycles. The van der Waals surface area contributed by atoms with E-state index in [2.05, 4.69) is 26.0 Å². The fourth-order valence-corrected chi connectivity index (χ4v) is 2.64. The number of nitrogens with two attached hydrogens (primary N) is 1. The molecule has 4 nitrogen and oxygen atoms in total. The number of hydrogen-bond acceptors (Lipinski definition) is 3. The summed E-state index contributed by atoms with van der Waals surface area (Å²) in [5.41, 5.74) is 7.77. The Bertz CT molecular complexity index is 546. The molecule has 1 aromatic rings. The standard InChI is InChI=1S/C17H24N2O2/c1-11(2)12-5-7-13(8-6-12)14(18)10-19-15(20)9-17(3,4)16(19)21/h5-8,11,14H,9-10,18H2,1-4H3. The minimum atomic E-state index is -0.599.